The highest BCUT2D eigenvalue weighted by atomic mass is 32.2. The van der Waals surface area contributed by atoms with Gasteiger partial charge in [-0.2, -0.15) is 0 Å². The Morgan fingerprint density at radius 1 is 1.27 bits per heavy atom. The third-order valence-corrected chi connectivity index (χ3v) is 4.29. The molecule has 0 aliphatic heterocycles. The number of hydrogen-bond acceptors (Lipinski definition) is 5. The average Bonchev–Trinajstić information content (AvgIpc) is 2.36. The van der Waals surface area contributed by atoms with Crippen LogP contribution in [-0.2, 0) is 14.8 Å². The van der Waals surface area contributed by atoms with Gasteiger partial charge < -0.3 is 5.32 Å². The zero-order valence-electron chi connectivity index (χ0n) is 12.4. The molecule has 22 heavy (non-hydrogen) atoms. The highest BCUT2D eigenvalue weighted by Gasteiger charge is 2.19. The summed E-state index contributed by atoms with van der Waals surface area (Å²) in [7, 11) is -3.87. The van der Waals surface area contributed by atoms with Gasteiger partial charge in [-0.15, -0.1) is 0 Å². The molecule has 0 saturated carbocycles. The molecule has 116 valence electrons. The number of hydrogen-bond donors (Lipinski definition) is 2. The Labute approximate surface area is 128 Å². The van der Waals surface area contributed by atoms with E-state index in [-0.39, 0.29) is 10.8 Å². The molecule has 0 aliphatic carbocycles. The summed E-state index contributed by atoms with van der Waals surface area (Å²) in [6.07, 6.45) is 3.10. The fourth-order valence-corrected chi connectivity index (χ4v) is 3.27. The third-order valence-electron chi connectivity index (χ3n) is 3.12. The van der Waals surface area contributed by atoms with Crippen molar-refractivity contribution in [2.45, 2.75) is 25.7 Å². The highest BCUT2D eigenvalue weighted by Crippen LogP contribution is 2.29. The number of aryl methyl sites for hydroxylation is 1. The van der Waals surface area contributed by atoms with Crippen molar-refractivity contribution in [2.24, 2.45) is 5.14 Å². The molecule has 0 fully saturated rings. The second-order valence-electron chi connectivity index (χ2n) is 4.87. The Morgan fingerprint density at radius 2 is 1.95 bits per heavy atom. The largest absolute Gasteiger partial charge is 0.311 e. The summed E-state index contributed by atoms with van der Waals surface area (Å²) in [5.74, 6) is 0.135. The van der Waals surface area contributed by atoms with E-state index in [1.165, 1.54) is 13.1 Å². The summed E-state index contributed by atoms with van der Waals surface area (Å²) in [6, 6.07) is 3.35. The summed E-state index contributed by atoms with van der Waals surface area (Å²) in [5, 5.41) is 7.84. The SMILES string of the molecule is CC(=O)Nc1cc(-c2cnc(C)c(S(N)(=O)=O)c2C)ccn1. The molecule has 7 nitrogen and oxygen atoms in total. The van der Waals surface area contributed by atoms with Gasteiger partial charge in [-0.25, -0.2) is 18.5 Å². The third kappa shape index (κ3) is 3.29. The van der Waals surface area contributed by atoms with Gasteiger partial charge in [-0.3, -0.25) is 9.78 Å². The lowest BCUT2D eigenvalue weighted by Crippen LogP contribution is -2.16. The molecule has 3 N–H and O–H groups in total. The van der Waals surface area contributed by atoms with Crippen molar-refractivity contribution in [2.75, 3.05) is 5.32 Å². The summed E-state index contributed by atoms with van der Waals surface area (Å²) in [6.45, 7) is 4.64. The standard InChI is InChI=1S/C14H16N4O3S/c1-8-12(7-17-9(2)14(8)22(15,20)21)11-4-5-16-13(6-11)18-10(3)19/h4-7H,1-3H3,(H2,15,20,21)(H,16,18,19). The molecular formula is C14H16N4O3S. The molecule has 0 saturated heterocycles. The van der Waals surface area contributed by atoms with Crippen molar-refractivity contribution in [3.63, 3.8) is 0 Å². The number of aromatic nitrogens is 2. The van der Waals surface area contributed by atoms with Gasteiger partial charge in [0.1, 0.15) is 10.7 Å². The maximum Gasteiger partial charge on any atom is 0.240 e. The summed E-state index contributed by atoms with van der Waals surface area (Å²) >= 11 is 0. The van der Waals surface area contributed by atoms with Gasteiger partial charge in [0.05, 0.1) is 5.69 Å². The van der Waals surface area contributed by atoms with Crippen molar-refractivity contribution < 1.29 is 13.2 Å². The molecule has 2 aromatic rings. The minimum Gasteiger partial charge on any atom is -0.311 e. The van der Waals surface area contributed by atoms with Crippen LogP contribution in [0.1, 0.15) is 18.2 Å². The first kappa shape index (κ1) is 16.1. The number of rotatable bonds is 3. The number of primary sulfonamides is 1. The van der Waals surface area contributed by atoms with Crippen LogP contribution in [0, 0.1) is 13.8 Å². The second kappa shape index (κ2) is 5.82. The summed E-state index contributed by atoms with van der Waals surface area (Å²) in [5.41, 5.74) is 2.16. The van der Waals surface area contributed by atoms with Crippen LogP contribution in [0.3, 0.4) is 0 Å². The molecular weight excluding hydrogens is 304 g/mol. The van der Waals surface area contributed by atoms with E-state index in [0.29, 0.717) is 28.2 Å². The van der Waals surface area contributed by atoms with Crippen LogP contribution in [0.15, 0.2) is 29.4 Å². The van der Waals surface area contributed by atoms with E-state index < -0.39 is 10.0 Å². The van der Waals surface area contributed by atoms with E-state index in [0.717, 1.165) is 0 Å². The van der Waals surface area contributed by atoms with Gasteiger partial charge >= 0.3 is 0 Å². The van der Waals surface area contributed by atoms with Crippen LogP contribution in [0.4, 0.5) is 5.82 Å². The van der Waals surface area contributed by atoms with Gasteiger partial charge in [0.15, 0.2) is 0 Å². The smallest absolute Gasteiger partial charge is 0.240 e. The molecule has 1 amide bonds. The second-order valence-corrected chi connectivity index (χ2v) is 6.37. The van der Waals surface area contributed by atoms with E-state index in [2.05, 4.69) is 15.3 Å². The van der Waals surface area contributed by atoms with Crippen LogP contribution >= 0.6 is 0 Å². The van der Waals surface area contributed by atoms with Crippen LogP contribution < -0.4 is 10.5 Å². The summed E-state index contributed by atoms with van der Waals surface area (Å²) < 4.78 is 23.5. The topological polar surface area (TPSA) is 115 Å². The van der Waals surface area contributed by atoms with E-state index in [1.54, 1.807) is 32.2 Å². The predicted molar refractivity (Wildman–Crippen MR) is 82.6 cm³/mol. The van der Waals surface area contributed by atoms with Gasteiger partial charge in [0.2, 0.25) is 15.9 Å². The van der Waals surface area contributed by atoms with Gasteiger partial charge in [0, 0.05) is 24.9 Å². The zero-order valence-corrected chi connectivity index (χ0v) is 13.2. The number of amides is 1. The summed E-state index contributed by atoms with van der Waals surface area (Å²) in [4.78, 5) is 19.2. The number of nitrogens with two attached hydrogens (primary N) is 1. The number of nitrogens with zero attached hydrogens (tertiary/aromatic N) is 2. The van der Waals surface area contributed by atoms with E-state index in [9.17, 15) is 13.2 Å². The van der Waals surface area contributed by atoms with Crippen molar-refractivity contribution >= 4 is 21.7 Å². The first-order valence-corrected chi connectivity index (χ1v) is 7.98. The Morgan fingerprint density at radius 3 is 2.55 bits per heavy atom. The maximum absolute atomic E-state index is 11.7. The van der Waals surface area contributed by atoms with Crippen molar-refractivity contribution in [3.05, 3.63) is 35.8 Å². The molecule has 0 atom stereocenters. The maximum atomic E-state index is 11.7. The lowest BCUT2D eigenvalue weighted by atomic mass is 10.0. The number of sulfonamides is 1. The Balaban J connectivity index is 2.62. The first-order chi connectivity index (χ1) is 10.2. The molecule has 0 aliphatic rings. The normalized spacial score (nSPS) is 11.3. The zero-order chi connectivity index (χ0) is 16.5. The van der Waals surface area contributed by atoms with Crippen molar-refractivity contribution in [1.29, 1.82) is 0 Å². The van der Waals surface area contributed by atoms with Gasteiger partial charge in [0.25, 0.3) is 0 Å². The van der Waals surface area contributed by atoms with Crippen LogP contribution in [0.25, 0.3) is 11.1 Å². The lowest BCUT2D eigenvalue weighted by molar-refractivity contribution is -0.114. The monoisotopic (exact) mass is 320 g/mol. The number of pyridine rings is 2. The number of carbonyl (C=O) groups excluding carboxylic acids is 1. The predicted octanol–water partition coefficient (Wildman–Crippen LogP) is 1.37. The molecule has 0 aromatic carbocycles. The Kier molecular flexibility index (Phi) is 4.25. The molecule has 2 rings (SSSR count). The fourth-order valence-electron chi connectivity index (χ4n) is 2.27. The van der Waals surface area contributed by atoms with Crippen LogP contribution in [0.2, 0.25) is 0 Å². The number of carbonyl (C=O) groups is 1. The average molecular weight is 320 g/mol. The van der Waals surface area contributed by atoms with Crippen LogP contribution in [-0.4, -0.2) is 24.3 Å². The molecule has 0 bridgehead atoms. The molecule has 2 aromatic heterocycles. The number of anilines is 1. The Hall–Kier alpha value is -2.32. The van der Waals surface area contributed by atoms with E-state index >= 15 is 0 Å². The van der Waals surface area contributed by atoms with Gasteiger partial charge in [-0.1, -0.05) is 0 Å². The lowest BCUT2D eigenvalue weighted by Gasteiger charge is -2.12. The van der Waals surface area contributed by atoms with E-state index in [1.807, 2.05) is 0 Å². The van der Waals surface area contributed by atoms with E-state index in [4.69, 9.17) is 5.14 Å². The molecule has 0 unspecified atom stereocenters. The fraction of sp³-hybridized carbons (Fsp3) is 0.214. The minimum atomic E-state index is -3.87. The van der Waals surface area contributed by atoms with Crippen molar-refractivity contribution in [3.8, 4) is 11.1 Å². The molecule has 2 heterocycles. The van der Waals surface area contributed by atoms with Gasteiger partial charge in [-0.05, 0) is 37.1 Å². The Bertz CT molecular complexity index is 847. The molecule has 8 heteroatoms. The first-order valence-electron chi connectivity index (χ1n) is 6.43. The quantitative estimate of drug-likeness (QED) is 0.886. The minimum absolute atomic E-state index is 0.0166. The van der Waals surface area contributed by atoms with Crippen LogP contribution in [0.5, 0.6) is 0 Å². The highest BCUT2D eigenvalue weighted by molar-refractivity contribution is 7.89. The molecule has 0 radical (unpaired) electrons. The molecule has 0 spiro atoms. The number of nitrogens with one attached hydrogen (secondary N) is 1. The van der Waals surface area contributed by atoms with Crippen molar-refractivity contribution in [1.82, 2.24) is 9.97 Å².